The smallest absolute Gasteiger partial charge is 0.165 e. The van der Waals surface area contributed by atoms with E-state index < -0.39 is 6.10 Å². The van der Waals surface area contributed by atoms with Gasteiger partial charge in [0.15, 0.2) is 5.78 Å². The summed E-state index contributed by atoms with van der Waals surface area (Å²) in [6.45, 7) is 1.93. The molecule has 0 aliphatic carbocycles. The molecule has 0 heterocycles. The molecule has 1 unspecified atom stereocenters. The average molecular weight is 261 g/mol. The fraction of sp³-hybridized carbons (Fsp3) is 0.417. The van der Waals surface area contributed by atoms with Gasteiger partial charge in [-0.2, -0.15) is 0 Å². The first-order valence-corrected chi connectivity index (χ1v) is 5.95. The second kappa shape index (κ2) is 6.24. The Balaban J connectivity index is 2.66. The van der Waals surface area contributed by atoms with Crippen LogP contribution in [0.2, 0.25) is 10.0 Å². The zero-order valence-electron chi connectivity index (χ0n) is 9.04. The van der Waals surface area contributed by atoms with Gasteiger partial charge in [-0.05, 0) is 24.1 Å². The molecule has 2 nitrogen and oxygen atoms in total. The highest BCUT2D eigenvalue weighted by Gasteiger charge is 2.14. The number of rotatable bonds is 5. The maximum atomic E-state index is 11.6. The summed E-state index contributed by atoms with van der Waals surface area (Å²) in [5.41, 5.74) is 0.773. The summed E-state index contributed by atoms with van der Waals surface area (Å²) >= 11 is 11.6. The molecule has 1 atom stereocenters. The number of benzene rings is 1. The number of ketones is 1. The lowest BCUT2D eigenvalue weighted by atomic mass is 10.0. The van der Waals surface area contributed by atoms with Gasteiger partial charge in [0.05, 0.1) is 10.0 Å². The summed E-state index contributed by atoms with van der Waals surface area (Å²) in [6, 6.07) is 5.05. The average Bonchev–Trinajstić information content (AvgIpc) is 2.24. The Labute approximate surface area is 105 Å². The van der Waals surface area contributed by atoms with Crippen molar-refractivity contribution in [2.24, 2.45) is 0 Å². The maximum Gasteiger partial charge on any atom is 0.165 e. The van der Waals surface area contributed by atoms with Crippen molar-refractivity contribution in [1.29, 1.82) is 0 Å². The van der Waals surface area contributed by atoms with Crippen LogP contribution in [-0.2, 0) is 11.2 Å². The van der Waals surface area contributed by atoms with E-state index in [0.717, 1.165) is 12.0 Å². The van der Waals surface area contributed by atoms with Gasteiger partial charge in [-0.15, -0.1) is 0 Å². The second-order valence-electron chi connectivity index (χ2n) is 3.70. The normalized spacial score (nSPS) is 12.5. The Bertz CT molecular complexity index is 377. The summed E-state index contributed by atoms with van der Waals surface area (Å²) in [5.74, 6) is -0.180. The van der Waals surface area contributed by atoms with Gasteiger partial charge in [0.2, 0.25) is 0 Å². The Hall–Kier alpha value is -0.570. The molecule has 1 N–H and O–H groups in total. The van der Waals surface area contributed by atoms with Crippen LogP contribution >= 0.6 is 23.2 Å². The van der Waals surface area contributed by atoms with E-state index in [4.69, 9.17) is 23.2 Å². The summed E-state index contributed by atoms with van der Waals surface area (Å²) in [6.07, 6.45) is 0.603. The molecule has 0 aromatic heterocycles. The maximum absolute atomic E-state index is 11.6. The van der Waals surface area contributed by atoms with E-state index in [-0.39, 0.29) is 12.2 Å². The van der Waals surface area contributed by atoms with Gasteiger partial charge >= 0.3 is 0 Å². The third-order valence-corrected chi connectivity index (χ3v) is 3.04. The minimum atomic E-state index is -0.876. The lowest BCUT2D eigenvalue weighted by Crippen LogP contribution is -2.21. The first-order chi connectivity index (χ1) is 7.54. The monoisotopic (exact) mass is 260 g/mol. The van der Waals surface area contributed by atoms with Crippen molar-refractivity contribution in [3.63, 3.8) is 0 Å². The first-order valence-electron chi connectivity index (χ1n) is 5.19. The van der Waals surface area contributed by atoms with E-state index in [9.17, 15) is 9.90 Å². The lowest BCUT2D eigenvalue weighted by Gasteiger charge is -2.08. The number of aliphatic hydroxyl groups excluding tert-OH is 1. The van der Waals surface area contributed by atoms with Crippen LogP contribution < -0.4 is 0 Å². The Morgan fingerprint density at radius 2 is 2.06 bits per heavy atom. The number of hydrogen-bond donors (Lipinski definition) is 1. The van der Waals surface area contributed by atoms with Crippen molar-refractivity contribution < 1.29 is 9.90 Å². The predicted molar refractivity (Wildman–Crippen MR) is 66.1 cm³/mol. The van der Waals surface area contributed by atoms with Gasteiger partial charge in [0, 0.05) is 6.42 Å². The standard InChI is InChI=1S/C12H14Cl2O2/c1-2-3-11(15)12(16)7-8-4-5-9(13)10(14)6-8/h4-6,11,15H,2-3,7H2,1H3. The van der Waals surface area contributed by atoms with E-state index in [1.54, 1.807) is 18.2 Å². The molecule has 1 aromatic rings. The topological polar surface area (TPSA) is 37.3 Å². The minimum absolute atomic E-state index is 0.180. The molecule has 0 fully saturated rings. The van der Waals surface area contributed by atoms with Crippen molar-refractivity contribution in [1.82, 2.24) is 0 Å². The molecule has 88 valence electrons. The third-order valence-electron chi connectivity index (χ3n) is 2.30. The molecule has 1 rings (SSSR count). The quantitative estimate of drug-likeness (QED) is 0.883. The van der Waals surface area contributed by atoms with Crippen LogP contribution in [0.1, 0.15) is 25.3 Å². The van der Waals surface area contributed by atoms with E-state index in [1.165, 1.54) is 0 Å². The fourth-order valence-corrected chi connectivity index (χ4v) is 1.72. The van der Waals surface area contributed by atoms with E-state index in [0.29, 0.717) is 16.5 Å². The highest BCUT2D eigenvalue weighted by molar-refractivity contribution is 6.42. The van der Waals surface area contributed by atoms with E-state index in [1.807, 2.05) is 6.92 Å². The predicted octanol–water partition coefficient (Wildman–Crippen LogP) is 3.27. The van der Waals surface area contributed by atoms with Gasteiger partial charge in [-0.1, -0.05) is 42.6 Å². The van der Waals surface area contributed by atoms with Gasteiger partial charge in [-0.25, -0.2) is 0 Å². The van der Waals surface area contributed by atoms with Crippen molar-refractivity contribution in [2.75, 3.05) is 0 Å². The molecular formula is C12H14Cl2O2. The van der Waals surface area contributed by atoms with Crippen LogP contribution in [-0.4, -0.2) is 17.0 Å². The van der Waals surface area contributed by atoms with E-state index >= 15 is 0 Å². The number of aliphatic hydroxyl groups is 1. The largest absolute Gasteiger partial charge is 0.385 e. The van der Waals surface area contributed by atoms with Gasteiger partial charge < -0.3 is 5.11 Å². The zero-order chi connectivity index (χ0) is 12.1. The summed E-state index contributed by atoms with van der Waals surface area (Å²) < 4.78 is 0. The van der Waals surface area contributed by atoms with Gasteiger partial charge in [0.1, 0.15) is 6.10 Å². The molecule has 0 saturated heterocycles. The first kappa shape index (κ1) is 13.5. The van der Waals surface area contributed by atoms with Crippen molar-refractivity contribution in [3.05, 3.63) is 33.8 Å². The van der Waals surface area contributed by atoms with Crippen molar-refractivity contribution in [2.45, 2.75) is 32.3 Å². The zero-order valence-corrected chi connectivity index (χ0v) is 10.6. The molecule has 0 aliphatic heterocycles. The Kier molecular flexibility index (Phi) is 5.26. The van der Waals surface area contributed by atoms with E-state index in [2.05, 4.69) is 0 Å². The van der Waals surface area contributed by atoms with Crippen LogP contribution in [0.5, 0.6) is 0 Å². The number of carbonyl (C=O) groups is 1. The molecule has 0 amide bonds. The highest BCUT2D eigenvalue weighted by atomic mass is 35.5. The van der Waals surface area contributed by atoms with Crippen LogP contribution in [0.4, 0.5) is 0 Å². The molecular weight excluding hydrogens is 247 g/mol. The molecule has 16 heavy (non-hydrogen) atoms. The molecule has 0 spiro atoms. The van der Waals surface area contributed by atoms with Crippen LogP contribution in [0.15, 0.2) is 18.2 Å². The molecule has 0 saturated carbocycles. The van der Waals surface area contributed by atoms with Crippen molar-refractivity contribution in [3.8, 4) is 0 Å². The fourth-order valence-electron chi connectivity index (χ4n) is 1.40. The third kappa shape index (κ3) is 3.78. The number of halogens is 2. The van der Waals surface area contributed by atoms with Crippen LogP contribution in [0.25, 0.3) is 0 Å². The second-order valence-corrected chi connectivity index (χ2v) is 4.51. The Morgan fingerprint density at radius 1 is 1.38 bits per heavy atom. The molecule has 0 bridgehead atoms. The minimum Gasteiger partial charge on any atom is -0.385 e. The van der Waals surface area contributed by atoms with Crippen LogP contribution in [0, 0.1) is 0 Å². The molecule has 0 radical (unpaired) electrons. The summed E-state index contributed by atoms with van der Waals surface area (Å²) in [5, 5.41) is 10.4. The van der Waals surface area contributed by atoms with Gasteiger partial charge in [-0.3, -0.25) is 4.79 Å². The molecule has 0 aliphatic rings. The number of Topliss-reactive ketones (excluding diaryl/α,β-unsaturated/α-hetero) is 1. The number of hydrogen-bond acceptors (Lipinski definition) is 2. The lowest BCUT2D eigenvalue weighted by molar-refractivity contribution is -0.126. The molecule has 1 aromatic carbocycles. The highest BCUT2D eigenvalue weighted by Crippen LogP contribution is 2.23. The molecule has 4 heteroatoms. The van der Waals surface area contributed by atoms with Crippen molar-refractivity contribution >= 4 is 29.0 Å². The number of carbonyl (C=O) groups excluding carboxylic acids is 1. The summed E-state index contributed by atoms with van der Waals surface area (Å²) in [7, 11) is 0. The SMILES string of the molecule is CCCC(O)C(=O)Cc1ccc(Cl)c(Cl)c1. The van der Waals surface area contributed by atoms with Gasteiger partial charge in [0.25, 0.3) is 0 Å². The van der Waals surface area contributed by atoms with Crippen LogP contribution in [0.3, 0.4) is 0 Å². The summed E-state index contributed by atoms with van der Waals surface area (Å²) in [4.78, 5) is 11.6. The Morgan fingerprint density at radius 3 is 2.62 bits per heavy atom.